The van der Waals surface area contributed by atoms with Crippen molar-refractivity contribution in [1.82, 2.24) is 9.97 Å². The quantitative estimate of drug-likeness (QED) is 0.371. The fourth-order valence-corrected chi connectivity index (χ4v) is 3.65. The van der Waals surface area contributed by atoms with Gasteiger partial charge in [-0.05, 0) is 24.8 Å². The van der Waals surface area contributed by atoms with Gasteiger partial charge in [0, 0.05) is 25.1 Å². The van der Waals surface area contributed by atoms with E-state index in [1.807, 2.05) is 17.0 Å². The van der Waals surface area contributed by atoms with Crippen molar-refractivity contribution in [1.29, 1.82) is 0 Å². The molecule has 3 rings (SSSR count). The number of carbonyl (C=O) groups excluding carboxylic acids is 2. The molecule has 10 nitrogen and oxygen atoms in total. The summed E-state index contributed by atoms with van der Waals surface area (Å²) in [5.74, 6) is -0.520. The monoisotopic (exact) mass is 428 g/mol. The van der Waals surface area contributed by atoms with Crippen LogP contribution in [0.15, 0.2) is 30.6 Å². The molecule has 31 heavy (non-hydrogen) atoms. The third kappa shape index (κ3) is 5.14. The Morgan fingerprint density at radius 3 is 2.39 bits per heavy atom. The third-order valence-electron chi connectivity index (χ3n) is 5.39. The van der Waals surface area contributed by atoms with E-state index in [1.165, 1.54) is 20.5 Å². The minimum absolute atomic E-state index is 0.165. The summed E-state index contributed by atoms with van der Waals surface area (Å²) in [6, 6.07) is 7.11. The van der Waals surface area contributed by atoms with Crippen LogP contribution in [0.1, 0.15) is 24.8 Å². The second-order valence-electron chi connectivity index (χ2n) is 7.21. The Kier molecular flexibility index (Phi) is 7.11. The van der Waals surface area contributed by atoms with Crippen molar-refractivity contribution >= 4 is 23.4 Å². The van der Waals surface area contributed by atoms with Gasteiger partial charge in [-0.3, -0.25) is 19.7 Å². The number of carbonyl (C=O) groups is 2. The van der Waals surface area contributed by atoms with Crippen molar-refractivity contribution in [3.63, 3.8) is 0 Å². The molecule has 10 heteroatoms. The zero-order chi connectivity index (χ0) is 22.4. The van der Waals surface area contributed by atoms with Gasteiger partial charge in [0.05, 0.1) is 25.1 Å². The van der Waals surface area contributed by atoms with Gasteiger partial charge in [0.25, 0.3) is 0 Å². The number of aromatic nitrogens is 2. The van der Waals surface area contributed by atoms with Gasteiger partial charge in [0.15, 0.2) is 5.69 Å². The Hall–Kier alpha value is -3.56. The molecule has 0 spiro atoms. The maximum Gasteiger partial charge on any atom is 0.337 e. The highest BCUT2D eigenvalue weighted by Gasteiger charge is 2.32. The average Bonchev–Trinajstić information content (AvgIpc) is 2.81. The molecular weight excluding hydrogens is 404 g/mol. The van der Waals surface area contributed by atoms with Gasteiger partial charge >= 0.3 is 17.6 Å². The van der Waals surface area contributed by atoms with E-state index in [2.05, 4.69) is 14.7 Å². The smallest absolute Gasteiger partial charge is 0.337 e. The molecule has 1 aliphatic heterocycles. The normalized spacial score (nSPS) is 14.2. The van der Waals surface area contributed by atoms with Crippen LogP contribution >= 0.6 is 0 Å². The highest BCUT2D eigenvalue weighted by atomic mass is 16.6. The van der Waals surface area contributed by atoms with E-state index in [0.29, 0.717) is 37.9 Å². The fourth-order valence-electron chi connectivity index (χ4n) is 3.65. The van der Waals surface area contributed by atoms with Crippen molar-refractivity contribution in [3.8, 4) is 11.3 Å². The van der Waals surface area contributed by atoms with Crippen molar-refractivity contribution in [2.45, 2.75) is 25.7 Å². The number of benzene rings is 1. The van der Waals surface area contributed by atoms with Gasteiger partial charge in [0.2, 0.25) is 5.82 Å². The predicted molar refractivity (Wildman–Crippen MR) is 111 cm³/mol. The summed E-state index contributed by atoms with van der Waals surface area (Å²) >= 11 is 0. The molecule has 0 amide bonds. The summed E-state index contributed by atoms with van der Waals surface area (Å²) in [6.07, 6.45) is 3.17. The number of aryl methyl sites for hydroxylation is 1. The number of hydrogen-bond acceptors (Lipinski definition) is 9. The van der Waals surface area contributed by atoms with E-state index in [4.69, 9.17) is 4.74 Å². The van der Waals surface area contributed by atoms with Crippen LogP contribution in [-0.4, -0.2) is 54.1 Å². The van der Waals surface area contributed by atoms with E-state index < -0.39 is 4.92 Å². The standard InChI is InChI=1S/C21H24N4O6/c1-30-17(26)8-5-14-3-6-15(7-4-14)18-19(25(28)29)20(23-13-22-18)24-11-9-16(10-12-24)21(27)31-2/h3-4,6-7,13,16H,5,8-12H2,1-2H3. The first-order valence-corrected chi connectivity index (χ1v) is 9.93. The molecule has 0 bridgehead atoms. The van der Waals surface area contributed by atoms with Crippen LogP contribution in [0, 0.1) is 16.0 Å². The van der Waals surface area contributed by atoms with Crippen LogP contribution in [0.3, 0.4) is 0 Å². The molecule has 0 N–H and O–H groups in total. The Bertz CT molecular complexity index is 955. The zero-order valence-electron chi connectivity index (χ0n) is 17.4. The lowest BCUT2D eigenvalue weighted by Gasteiger charge is -2.31. The number of hydrogen-bond donors (Lipinski definition) is 0. The van der Waals surface area contributed by atoms with Gasteiger partial charge in [0.1, 0.15) is 6.33 Å². The van der Waals surface area contributed by atoms with Crippen molar-refractivity contribution in [2.75, 3.05) is 32.2 Å². The third-order valence-corrected chi connectivity index (χ3v) is 5.39. The molecule has 1 aliphatic rings. The van der Waals surface area contributed by atoms with Gasteiger partial charge in [-0.15, -0.1) is 0 Å². The Morgan fingerprint density at radius 1 is 1.13 bits per heavy atom. The second-order valence-corrected chi connectivity index (χ2v) is 7.21. The molecule has 0 aliphatic carbocycles. The molecule has 0 unspecified atom stereocenters. The predicted octanol–water partition coefficient (Wildman–Crippen LogP) is 2.55. The van der Waals surface area contributed by atoms with E-state index >= 15 is 0 Å². The minimum atomic E-state index is -0.470. The first kappa shape index (κ1) is 22.1. The van der Waals surface area contributed by atoms with Gasteiger partial charge in [-0.1, -0.05) is 24.3 Å². The number of anilines is 1. The van der Waals surface area contributed by atoms with Crippen LogP contribution in [0.2, 0.25) is 0 Å². The lowest BCUT2D eigenvalue weighted by molar-refractivity contribution is -0.383. The number of ether oxygens (including phenoxy) is 2. The van der Waals surface area contributed by atoms with Crippen LogP contribution < -0.4 is 4.90 Å². The Morgan fingerprint density at radius 2 is 1.81 bits per heavy atom. The second kappa shape index (κ2) is 9.96. The molecule has 0 atom stereocenters. The van der Waals surface area contributed by atoms with Crippen LogP contribution in [0.5, 0.6) is 0 Å². The Balaban J connectivity index is 1.83. The summed E-state index contributed by atoms with van der Waals surface area (Å²) in [7, 11) is 2.70. The maximum absolute atomic E-state index is 11.9. The van der Waals surface area contributed by atoms with E-state index in [-0.39, 0.29) is 41.5 Å². The summed E-state index contributed by atoms with van der Waals surface area (Å²) < 4.78 is 9.44. The summed E-state index contributed by atoms with van der Waals surface area (Å²) in [4.78, 5) is 44.7. The lowest BCUT2D eigenvalue weighted by atomic mass is 9.97. The first-order chi connectivity index (χ1) is 14.9. The number of methoxy groups -OCH3 is 2. The number of nitrogens with zero attached hydrogens (tertiary/aromatic N) is 4. The number of esters is 2. The maximum atomic E-state index is 11.9. The van der Waals surface area contributed by atoms with Crippen LogP contribution in [-0.2, 0) is 25.5 Å². The minimum Gasteiger partial charge on any atom is -0.469 e. The highest BCUT2D eigenvalue weighted by Crippen LogP contribution is 2.36. The SMILES string of the molecule is COC(=O)CCc1ccc(-c2ncnc(N3CCC(C(=O)OC)CC3)c2[N+](=O)[O-])cc1. The molecule has 1 aromatic carbocycles. The van der Waals surface area contributed by atoms with Crippen LogP contribution in [0.4, 0.5) is 11.5 Å². The van der Waals surface area contributed by atoms with E-state index in [0.717, 1.165) is 5.56 Å². The van der Waals surface area contributed by atoms with Crippen molar-refractivity contribution in [3.05, 3.63) is 46.3 Å². The molecule has 0 radical (unpaired) electrons. The number of piperidine rings is 1. The highest BCUT2D eigenvalue weighted by molar-refractivity contribution is 5.78. The van der Waals surface area contributed by atoms with Gasteiger partial charge < -0.3 is 14.4 Å². The van der Waals surface area contributed by atoms with E-state index in [1.54, 1.807) is 12.1 Å². The Labute approximate surface area is 179 Å². The lowest BCUT2D eigenvalue weighted by Crippen LogP contribution is -2.37. The topological polar surface area (TPSA) is 125 Å². The summed E-state index contributed by atoms with van der Waals surface area (Å²) in [5.41, 5.74) is 1.56. The molecule has 1 fully saturated rings. The van der Waals surface area contributed by atoms with Crippen molar-refractivity contribution < 1.29 is 24.0 Å². The number of rotatable bonds is 7. The summed E-state index contributed by atoms with van der Waals surface area (Å²) in [6.45, 7) is 0.924. The zero-order valence-corrected chi connectivity index (χ0v) is 17.4. The van der Waals surface area contributed by atoms with Crippen LogP contribution in [0.25, 0.3) is 11.3 Å². The summed E-state index contributed by atoms with van der Waals surface area (Å²) in [5, 5.41) is 11.9. The molecule has 2 heterocycles. The van der Waals surface area contributed by atoms with Gasteiger partial charge in [-0.25, -0.2) is 9.97 Å². The molecule has 2 aromatic rings. The van der Waals surface area contributed by atoms with E-state index in [9.17, 15) is 19.7 Å². The van der Waals surface area contributed by atoms with Crippen molar-refractivity contribution in [2.24, 2.45) is 5.92 Å². The molecule has 1 saturated heterocycles. The average molecular weight is 428 g/mol. The molecular formula is C21H24N4O6. The van der Waals surface area contributed by atoms with Gasteiger partial charge in [-0.2, -0.15) is 0 Å². The fraction of sp³-hybridized carbons (Fsp3) is 0.429. The molecule has 164 valence electrons. The molecule has 1 aromatic heterocycles. The largest absolute Gasteiger partial charge is 0.469 e. The molecule has 0 saturated carbocycles. The first-order valence-electron chi connectivity index (χ1n) is 9.93. The number of nitro groups is 1.